The number of aromatic amines is 1. The summed E-state index contributed by atoms with van der Waals surface area (Å²) >= 11 is 0. The monoisotopic (exact) mass is 514 g/mol. The minimum Gasteiger partial charge on any atom is -0.369 e. The molecule has 17 nitrogen and oxygen atoms in total. The molecule has 1 radical (unpaired) electrons. The molecule has 4 atom stereocenters. The molecular formula is C10H16N5NaO12P3. The van der Waals surface area contributed by atoms with Gasteiger partial charge in [0.05, 0.1) is 19.0 Å². The van der Waals surface area contributed by atoms with E-state index < -0.39 is 48.0 Å². The molecule has 21 heteroatoms. The van der Waals surface area contributed by atoms with E-state index in [-0.39, 0.29) is 46.7 Å². The summed E-state index contributed by atoms with van der Waals surface area (Å²) in [6.07, 6.45) is 0.528. The Bertz CT molecular complexity index is 1150. The third-order valence-corrected chi connectivity index (χ3v) is 7.49. The van der Waals surface area contributed by atoms with Crippen LogP contribution in [0.1, 0.15) is 19.1 Å². The normalized spacial score (nSPS) is 23.2. The summed E-state index contributed by atoms with van der Waals surface area (Å²) in [6, 6.07) is 0. The van der Waals surface area contributed by atoms with Crippen molar-refractivity contribution in [3.05, 3.63) is 16.7 Å². The van der Waals surface area contributed by atoms with E-state index in [4.69, 9.17) is 25.2 Å². The van der Waals surface area contributed by atoms with Crippen molar-refractivity contribution >= 4 is 70.1 Å². The molecule has 0 bridgehead atoms. The number of phosphoric ester groups is 1. The van der Waals surface area contributed by atoms with Crippen molar-refractivity contribution in [3.63, 3.8) is 0 Å². The summed E-state index contributed by atoms with van der Waals surface area (Å²) in [5.41, 5.74) is 5.17. The predicted octanol–water partition coefficient (Wildman–Crippen LogP) is -0.658. The number of fused-ring (bicyclic) bond motifs is 1. The molecule has 1 fully saturated rings. The van der Waals surface area contributed by atoms with Crippen molar-refractivity contribution < 1.29 is 51.2 Å². The van der Waals surface area contributed by atoms with Gasteiger partial charge < -0.3 is 30.0 Å². The van der Waals surface area contributed by atoms with Crippen molar-refractivity contribution in [3.8, 4) is 0 Å². The van der Waals surface area contributed by atoms with Gasteiger partial charge in [0.15, 0.2) is 11.2 Å². The number of aromatic nitrogens is 4. The van der Waals surface area contributed by atoms with Crippen LogP contribution in [0.3, 0.4) is 0 Å². The van der Waals surface area contributed by atoms with Crippen molar-refractivity contribution in [1.29, 1.82) is 0 Å². The number of nitrogens with one attached hydrogen (secondary N) is 1. The molecule has 0 amide bonds. The van der Waals surface area contributed by atoms with Gasteiger partial charge in [0.2, 0.25) is 5.95 Å². The summed E-state index contributed by atoms with van der Waals surface area (Å²) in [6.45, 7) is -0.580. The van der Waals surface area contributed by atoms with Crippen LogP contribution in [0.2, 0.25) is 0 Å². The number of rotatable bonds is 8. The molecule has 2 aromatic rings. The van der Waals surface area contributed by atoms with Crippen LogP contribution in [-0.2, 0) is 31.6 Å². The molecular weight excluding hydrogens is 498 g/mol. The molecule has 3 rings (SSSR count). The van der Waals surface area contributed by atoms with Gasteiger partial charge in [0.25, 0.3) is 5.56 Å². The standard InChI is InChI=1S/C10H16N5O12P3.Na/c11-10-13-8-7(9(16)14-10)12-4-15(8)6-2-1-5(25-6)3-24-29(20,21)27-30(22,23)26-28(17,18)19;/h4-6H,1-3H2,(H,20,21)(H,22,23)(H2,17,18,19)(H3,11,13,14,16);. The van der Waals surface area contributed by atoms with Gasteiger partial charge >= 0.3 is 23.5 Å². The molecule has 4 unspecified atom stereocenters. The zero-order chi connectivity index (χ0) is 22.3. The fraction of sp³-hybridized carbons (Fsp3) is 0.500. The van der Waals surface area contributed by atoms with Crippen LogP contribution in [0, 0.1) is 0 Å². The number of phosphoric acid groups is 3. The number of imidazole rings is 1. The summed E-state index contributed by atoms with van der Waals surface area (Å²) in [5, 5.41) is 0. The first-order valence-electron chi connectivity index (χ1n) is 7.91. The predicted molar refractivity (Wildman–Crippen MR) is 101 cm³/mol. The van der Waals surface area contributed by atoms with Gasteiger partial charge in [-0.25, -0.2) is 18.7 Å². The molecule has 2 aromatic heterocycles. The zero-order valence-electron chi connectivity index (χ0n) is 15.7. The molecule has 0 spiro atoms. The van der Waals surface area contributed by atoms with E-state index in [1.165, 1.54) is 10.9 Å². The molecule has 169 valence electrons. The van der Waals surface area contributed by atoms with Gasteiger partial charge in [-0.1, -0.05) is 0 Å². The van der Waals surface area contributed by atoms with Crippen molar-refractivity contribution in [1.82, 2.24) is 19.5 Å². The average Bonchev–Trinajstić information content (AvgIpc) is 3.15. The van der Waals surface area contributed by atoms with E-state index in [2.05, 4.69) is 28.1 Å². The first-order chi connectivity index (χ1) is 13.7. The van der Waals surface area contributed by atoms with E-state index in [9.17, 15) is 23.4 Å². The number of nitrogen functional groups attached to an aromatic ring is 1. The van der Waals surface area contributed by atoms with Crippen molar-refractivity contribution in [2.45, 2.75) is 25.2 Å². The molecule has 1 aliphatic rings. The van der Waals surface area contributed by atoms with E-state index in [0.29, 0.717) is 12.8 Å². The molecule has 0 aliphatic carbocycles. The van der Waals surface area contributed by atoms with Crippen molar-refractivity contribution in [2.24, 2.45) is 0 Å². The van der Waals surface area contributed by atoms with Crippen LogP contribution in [-0.4, -0.2) is 81.4 Å². The maximum absolute atomic E-state index is 11.8. The minimum atomic E-state index is -5.59. The Morgan fingerprint density at radius 2 is 1.87 bits per heavy atom. The maximum Gasteiger partial charge on any atom is 0.490 e. The number of hydrogen-bond donors (Lipinski definition) is 6. The number of nitrogens with zero attached hydrogens (tertiary/aromatic N) is 3. The van der Waals surface area contributed by atoms with Gasteiger partial charge in [-0.15, -0.1) is 0 Å². The molecule has 1 saturated heterocycles. The van der Waals surface area contributed by atoms with Gasteiger partial charge in [-0.3, -0.25) is 18.9 Å². The van der Waals surface area contributed by atoms with Gasteiger partial charge in [-0.2, -0.15) is 13.6 Å². The fourth-order valence-corrected chi connectivity index (χ4v) is 5.70. The molecule has 1 aliphatic heterocycles. The SMILES string of the molecule is Nc1nc2c(ncn2C2CCC(COP(=O)(O)OP(=O)(O)OP(=O)(O)O)O2)c(=O)[nH]1.[Na]. The van der Waals surface area contributed by atoms with E-state index in [1.807, 2.05) is 0 Å². The fourth-order valence-electron chi connectivity index (χ4n) is 2.65. The second kappa shape index (κ2) is 9.79. The summed E-state index contributed by atoms with van der Waals surface area (Å²) in [5.74, 6) is -0.128. The number of ether oxygens (including phenoxy) is 1. The summed E-state index contributed by atoms with van der Waals surface area (Å²) < 4.78 is 52.5. The number of nitrogens with two attached hydrogens (primary N) is 1. The van der Waals surface area contributed by atoms with Gasteiger partial charge in [0.1, 0.15) is 6.23 Å². The van der Waals surface area contributed by atoms with E-state index >= 15 is 0 Å². The van der Waals surface area contributed by atoms with Crippen molar-refractivity contribution in [2.75, 3.05) is 12.3 Å². The van der Waals surface area contributed by atoms with Crippen LogP contribution in [0.5, 0.6) is 0 Å². The smallest absolute Gasteiger partial charge is 0.369 e. The Balaban J connectivity index is 0.00000341. The van der Waals surface area contributed by atoms with Crippen LogP contribution in [0.4, 0.5) is 5.95 Å². The van der Waals surface area contributed by atoms with E-state index in [0.717, 1.165) is 0 Å². The van der Waals surface area contributed by atoms with Crippen LogP contribution >= 0.6 is 23.5 Å². The first kappa shape index (κ1) is 26.8. The number of hydrogen-bond acceptors (Lipinski definition) is 11. The third-order valence-electron chi connectivity index (χ3n) is 3.69. The maximum atomic E-state index is 11.8. The summed E-state index contributed by atoms with van der Waals surface area (Å²) in [7, 11) is -16.3. The Labute approximate surface area is 194 Å². The molecule has 3 heterocycles. The zero-order valence-corrected chi connectivity index (χ0v) is 20.4. The van der Waals surface area contributed by atoms with Gasteiger partial charge in [0, 0.05) is 29.6 Å². The number of anilines is 1. The average molecular weight is 514 g/mol. The summed E-state index contributed by atoms with van der Waals surface area (Å²) in [4.78, 5) is 57.6. The second-order valence-corrected chi connectivity index (χ2v) is 10.4. The van der Waals surface area contributed by atoms with Gasteiger partial charge in [-0.05, 0) is 12.8 Å². The van der Waals surface area contributed by atoms with Crippen LogP contribution < -0.4 is 11.3 Å². The van der Waals surface area contributed by atoms with Crippen LogP contribution in [0.25, 0.3) is 11.2 Å². The quantitative estimate of drug-likeness (QED) is 0.189. The van der Waals surface area contributed by atoms with Crippen LogP contribution in [0.15, 0.2) is 11.1 Å². The topological polar surface area (TPSA) is 259 Å². The third kappa shape index (κ3) is 7.25. The Morgan fingerprint density at radius 3 is 2.52 bits per heavy atom. The molecule has 0 saturated carbocycles. The molecule has 31 heavy (non-hydrogen) atoms. The Morgan fingerprint density at radius 1 is 1.19 bits per heavy atom. The largest absolute Gasteiger partial charge is 0.490 e. The minimum absolute atomic E-state index is 0. The Kier molecular flexibility index (Phi) is 8.46. The molecule has 0 aromatic carbocycles. The second-order valence-electron chi connectivity index (χ2n) is 5.95. The molecule has 7 N–H and O–H groups in total. The van der Waals surface area contributed by atoms with E-state index in [1.54, 1.807) is 0 Å². The Hall–Kier alpha value is -0.480. The number of H-pyrrole nitrogens is 1. The first-order valence-corrected chi connectivity index (χ1v) is 12.4.